The fraction of sp³-hybridized carbons (Fsp3) is 0.333. The predicted octanol–water partition coefficient (Wildman–Crippen LogP) is 1.56. The van der Waals surface area contributed by atoms with Gasteiger partial charge < -0.3 is 20.3 Å². The van der Waals surface area contributed by atoms with Gasteiger partial charge >= 0.3 is 5.97 Å². The number of hydrogen-bond donors (Lipinski definition) is 1. The lowest BCUT2D eigenvalue weighted by Crippen LogP contribution is -2.44. The van der Waals surface area contributed by atoms with Crippen LogP contribution in [-0.4, -0.2) is 62.3 Å². The number of piperazine rings is 1. The number of nitrogens with two attached hydrogens (primary N) is 1. The van der Waals surface area contributed by atoms with E-state index in [4.69, 9.17) is 10.5 Å². The molecule has 1 heterocycles. The average molecular weight is 328 g/mol. The fourth-order valence-corrected chi connectivity index (χ4v) is 2.46. The van der Waals surface area contributed by atoms with Gasteiger partial charge in [-0.1, -0.05) is 18.7 Å². The molecule has 128 valence electrons. The monoisotopic (exact) mass is 328 g/mol. The molecular formula is C18H24N4O2. The zero-order chi connectivity index (χ0) is 17.5. The number of rotatable bonds is 5. The number of methoxy groups -OCH3 is 1. The first-order chi connectivity index (χ1) is 11.5. The van der Waals surface area contributed by atoms with Crippen LogP contribution in [0.25, 0.3) is 5.70 Å². The number of aliphatic imine (C=N–C) groups is 1. The van der Waals surface area contributed by atoms with Crippen molar-refractivity contribution in [1.29, 1.82) is 0 Å². The van der Waals surface area contributed by atoms with E-state index < -0.39 is 0 Å². The molecule has 0 bridgehead atoms. The van der Waals surface area contributed by atoms with Crippen LogP contribution in [0, 0.1) is 0 Å². The summed E-state index contributed by atoms with van der Waals surface area (Å²) < 4.78 is 4.73. The summed E-state index contributed by atoms with van der Waals surface area (Å²) in [5.41, 5.74) is 8.42. The number of likely N-dealkylation sites (N-methyl/N-ethyl adjacent to an activating group) is 1. The van der Waals surface area contributed by atoms with Gasteiger partial charge in [0.15, 0.2) is 0 Å². The molecule has 1 aromatic rings. The number of benzene rings is 1. The van der Waals surface area contributed by atoms with Crippen LogP contribution in [0.4, 0.5) is 0 Å². The van der Waals surface area contributed by atoms with Crippen LogP contribution in [-0.2, 0) is 4.74 Å². The van der Waals surface area contributed by atoms with E-state index in [9.17, 15) is 4.79 Å². The molecule has 1 aliphatic heterocycles. The number of carbonyl (C=O) groups is 1. The van der Waals surface area contributed by atoms with Crippen LogP contribution in [0.15, 0.2) is 47.7 Å². The number of esters is 1. The predicted molar refractivity (Wildman–Crippen MR) is 96.6 cm³/mol. The SMILES string of the molecule is C=C(/N=C\C(=C/N)N1CCN(C)CC1)c1cccc(C(=O)OC)c1. The highest BCUT2D eigenvalue weighted by molar-refractivity contribution is 5.91. The number of hydrogen-bond acceptors (Lipinski definition) is 6. The summed E-state index contributed by atoms with van der Waals surface area (Å²) in [6, 6.07) is 7.05. The third kappa shape index (κ3) is 4.45. The number of carbonyl (C=O) groups excluding carboxylic acids is 1. The van der Waals surface area contributed by atoms with E-state index in [1.165, 1.54) is 7.11 Å². The van der Waals surface area contributed by atoms with Crippen molar-refractivity contribution in [1.82, 2.24) is 9.80 Å². The van der Waals surface area contributed by atoms with E-state index in [1.807, 2.05) is 6.07 Å². The third-order valence-electron chi connectivity index (χ3n) is 4.01. The molecule has 24 heavy (non-hydrogen) atoms. The first kappa shape index (κ1) is 17.7. The minimum atomic E-state index is -0.381. The molecule has 0 atom stereocenters. The normalized spacial score (nSPS) is 16.4. The minimum Gasteiger partial charge on any atom is -0.465 e. The van der Waals surface area contributed by atoms with E-state index in [-0.39, 0.29) is 5.97 Å². The van der Waals surface area contributed by atoms with Gasteiger partial charge in [-0.3, -0.25) is 4.99 Å². The highest BCUT2D eigenvalue weighted by atomic mass is 16.5. The Balaban J connectivity index is 2.07. The highest BCUT2D eigenvalue weighted by Crippen LogP contribution is 2.16. The molecule has 0 aliphatic carbocycles. The zero-order valence-electron chi connectivity index (χ0n) is 14.2. The zero-order valence-corrected chi connectivity index (χ0v) is 14.2. The van der Waals surface area contributed by atoms with Crippen LogP contribution in [0.1, 0.15) is 15.9 Å². The van der Waals surface area contributed by atoms with Gasteiger partial charge in [-0.05, 0) is 19.2 Å². The van der Waals surface area contributed by atoms with E-state index in [1.54, 1.807) is 30.6 Å². The van der Waals surface area contributed by atoms with Crippen LogP contribution in [0.3, 0.4) is 0 Å². The molecule has 2 N–H and O–H groups in total. The molecule has 0 spiro atoms. The van der Waals surface area contributed by atoms with Gasteiger partial charge in [0.05, 0.1) is 30.3 Å². The molecule has 0 unspecified atom stereocenters. The first-order valence-electron chi connectivity index (χ1n) is 7.82. The number of ether oxygens (including phenoxy) is 1. The van der Waals surface area contributed by atoms with E-state index >= 15 is 0 Å². The summed E-state index contributed by atoms with van der Waals surface area (Å²) in [6.45, 7) is 7.78. The first-order valence-corrected chi connectivity index (χ1v) is 7.82. The molecule has 2 rings (SSSR count). The summed E-state index contributed by atoms with van der Waals surface area (Å²) in [4.78, 5) is 20.5. The second-order valence-corrected chi connectivity index (χ2v) is 5.66. The lowest BCUT2D eigenvalue weighted by molar-refractivity contribution is 0.0600. The molecule has 6 nitrogen and oxygen atoms in total. The molecule has 0 radical (unpaired) electrons. The van der Waals surface area contributed by atoms with Crippen molar-refractivity contribution in [2.24, 2.45) is 10.7 Å². The van der Waals surface area contributed by atoms with E-state index in [2.05, 4.69) is 28.4 Å². The molecule has 1 aromatic carbocycles. The van der Waals surface area contributed by atoms with Crippen molar-refractivity contribution in [3.8, 4) is 0 Å². The molecule has 1 saturated heterocycles. The Morgan fingerprint density at radius 1 is 1.29 bits per heavy atom. The second-order valence-electron chi connectivity index (χ2n) is 5.66. The molecule has 0 amide bonds. The second kappa shape index (κ2) is 8.31. The Hall–Kier alpha value is -2.60. The standard InChI is InChI=1S/C18H24N4O2/c1-14(15-5-4-6-16(11-15)18(23)24-3)20-13-17(12-19)22-9-7-21(2)8-10-22/h4-6,11-13H,1,7-10,19H2,2-3H3/b17-12+,20-13-. The van der Waals surface area contributed by atoms with Gasteiger partial charge in [-0.25, -0.2) is 4.79 Å². The average Bonchev–Trinajstić information content (AvgIpc) is 2.62. The van der Waals surface area contributed by atoms with Crippen molar-refractivity contribution in [2.75, 3.05) is 40.3 Å². The number of allylic oxidation sites excluding steroid dienone is 1. The smallest absolute Gasteiger partial charge is 0.337 e. The van der Waals surface area contributed by atoms with E-state index in [0.717, 1.165) is 37.4 Å². The van der Waals surface area contributed by atoms with Gasteiger partial charge in [0, 0.05) is 37.9 Å². The topological polar surface area (TPSA) is 71.2 Å². The van der Waals surface area contributed by atoms with Crippen molar-refractivity contribution in [3.05, 3.63) is 53.9 Å². The van der Waals surface area contributed by atoms with Crippen LogP contribution in [0.2, 0.25) is 0 Å². The Kier molecular flexibility index (Phi) is 6.14. The molecule has 0 aromatic heterocycles. The van der Waals surface area contributed by atoms with Crippen molar-refractivity contribution < 1.29 is 9.53 Å². The van der Waals surface area contributed by atoms with Crippen LogP contribution >= 0.6 is 0 Å². The maximum atomic E-state index is 11.6. The maximum absolute atomic E-state index is 11.6. The Morgan fingerprint density at radius 2 is 1.96 bits per heavy atom. The van der Waals surface area contributed by atoms with Crippen LogP contribution in [0.5, 0.6) is 0 Å². The van der Waals surface area contributed by atoms with Gasteiger partial charge in [0.2, 0.25) is 0 Å². The van der Waals surface area contributed by atoms with Gasteiger partial charge in [-0.2, -0.15) is 0 Å². The van der Waals surface area contributed by atoms with Gasteiger partial charge in [-0.15, -0.1) is 0 Å². The summed E-state index contributed by atoms with van der Waals surface area (Å²) in [5, 5.41) is 0. The molecule has 6 heteroatoms. The lowest BCUT2D eigenvalue weighted by atomic mass is 10.1. The molecule has 1 aliphatic rings. The Morgan fingerprint density at radius 3 is 2.58 bits per heavy atom. The lowest BCUT2D eigenvalue weighted by Gasteiger charge is -2.34. The fourth-order valence-electron chi connectivity index (χ4n) is 2.46. The maximum Gasteiger partial charge on any atom is 0.337 e. The van der Waals surface area contributed by atoms with Crippen molar-refractivity contribution >= 4 is 17.9 Å². The summed E-state index contributed by atoms with van der Waals surface area (Å²) in [6.07, 6.45) is 3.28. The van der Waals surface area contributed by atoms with Gasteiger partial charge in [0.25, 0.3) is 0 Å². The summed E-state index contributed by atoms with van der Waals surface area (Å²) in [5.74, 6) is -0.381. The summed E-state index contributed by atoms with van der Waals surface area (Å²) >= 11 is 0. The molecule has 1 fully saturated rings. The number of nitrogens with zero attached hydrogens (tertiary/aromatic N) is 3. The molecular weight excluding hydrogens is 304 g/mol. The van der Waals surface area contributed by atoms with Crippen molar-refractivity contribution in [3.63, 3.8) is 0 Å². The molecule has 0 saturated carbocycles. The van der Waals surface area contributed by atoms with Crippen molar-refractivity contribution in [2.45, 2.75) is 0 Å². The minimum absolute atomic E-state index is 0.381. The summed E-state index contributed by atoms with van der Waals surface area (Å²) in [7, 11) is 3.46. The third-order valence-corrected chi connectivity index (χ3v) is 4.01. The highest BCUT2D eigenvalue weighted by Gasteiger charge is 2.15. The quantitative estimate of drug-likeness (QED) is 0.656. The van der Waals surface area contributed by atoms with Crippen LogP contribution < -0.4 is 5.73 Å². The largest absolute Gasteiger partial charge is 0.465 e. The Labute approximate surface area is 142 Å². The van der Waals surface area contributed by atoms with Gasteiger partial charge in [0.1, 0.15) is 0 Å². The van der Waals surface area contributed by atoms with E-state index in [0.29, 0.717) is 11.3 Å². The Bertz CT molecular complexity index is 659.